The Morgan fingerprint density at radius 3 is 2.56 bits per heavy atom. The van der Waals surface area contributed by atoms with Crippen LogP contribution in [-0.4, -0.2) is 32.8 Å². The van der Waals surface area contributed by atoms with Crippen LogP contribution in [0.5, 0.6) is 0 Å². The molecule has 188 valence electrons. The van der Waals surface area contributed by atoms with Crippen LogP contribution >= 0.6 is 11.6 Å². The van der Waals surface area contributed by atoms with Crippen LogP contribution in [-0.2, 0) is 26.0 Å². The van der Waals surface area contributed by atoms with E-state index in [1.54, 1.807) is 56.3 Å². The fourth-order valence-corrected chi connectivity index (χ4v) is 6.22. The summed E-state index contributed by atoms with van der Waals surface area (Å²) in [7, 11) is -4.24. The molecule has 4 rings (SSSR count). The number of halogens is 1. The van der Waals surface area contributed by atoms with Crippen molar-refractivity contribution in [3.8, 4) is 0 Å². The molecule has 0 saturated heterocycles. The van der Waals surface area contributed by atoms with Crippen molar-refractivity contribution in [2.75, 3.05) is 16.2 Å². The van der Waals surface area contributed by atoms with Crippen LogP contribution in [0.4, 0.5) is 11.4 Å². The molecule has 2 heterocycles. The van der Waals surface area contributed by atoms with E-state index in [-0.39, 0.29) is 23.5 Å². The highest BCUT2D eigenvalue weighted by Crippen LogP contribution is 2.38. The van der Waals surface area contributed by atoms with Gasteiger partial charge in [0.15, 0.2) is 12.4 Å². The Balaban J connectivity index is 1.62. The van der Waals surface area contributed by atoms with E-state index in [2.05, 4.69) is 10.6 Å². The lowest BCUT2D eigenvalue weighted by molar-refractivity contribution is -0.605. The maximum atomic E-state index is 13.9. The van der Waals surface area contributed by atoms with Gasteiger partial charge in [-0.3, -0.25) is 13.9 Å². The molecule has 1 aromatic heterocycles. The van der Waals surface area contributed by atoms with Gasteiger partial charge >= 0.3 is 0 Å². The summed E-state index contributed by atoms with van der Waals surface area (Å²) in [5.74, 6) is -1.08. The van der Waals surface area contributed by atoms with Crippen molar-refractivity contribution in [2.45, 2.75) is 37.6 Å². The average molecular weight is 529 g/mol. The number of hydrogen-bond donors (Lipinski definition) is 2. The number of aryl methyl sites for hydroxylation is 2. The molecule has 0 aliphatic carbocycles. The third-order valence-electron chi connectivity index (χ3n) is 5.96. The van der Waals surface area contributed by atoms with E-state index in [0.717, 1.165) is 9.87 Å². The summed E-state index contributed by atoms with van der Waals surface area (Å²) in [4.78, 5) is 25.9. The van der Waals surface area contributed by atoms with Gasteiger partial charge in [-0.05, 0) is 61.2 Å². The SMILES string of the molecule is Cc1cc(S(=O)(=O)N2c3ccccc3NC(=O)[C@H]2CC(=O)NCCc2cc[n+]([O-])cc2)c(C)cc1Cl. The molecule has 9 nitrogen and oxygen atoms in total. The number of pyridine rings is 1. The second kappa shape index (κ2) is 10.2. The summed E-state index contributed by atoms with van der Waals surface area (Å²) in [6.07, 6.45) is 2.83. The summed E-state index contributed by atoms with van der Waals surface area (Å²) in [6.45, 7) is 3.59. The van der Waals surface area contributed by atoms with Crippen molar-refractivity contribution in [1.29, 1.82) is 0 Å². The zero-order valence-electron chi connectivity index (χ0n) is 19.7. The zero-order valence-corrected chi connectivity index (χ0v) is 21.3. The number of rotatable bonds is 7. The fraction of sp³-hybridized carbons (Fsp3) is 0.240. The normalized spacial score (nSPS) is 15.2. The van der Waals surface area contributed by atoms with Crippen molar-refractivity contribution in [3.05, 3.63) is 87.8 Å². The molecule has 36 heavy (non-hydrogen) atoms. The number of carbonyl (C=O) groups excluding carboxylic acids is 2. The van der Waals surface area contributed by atoms with Crippen LogP contribution in [0.25, 0.3) is 0 Å². The van der Waals surface area contributed by atoms with Crippen molar-refractivity contribution in [2.24, 2.45) is 0 Å². The Labute approximate surface area is 214 Å². The fourth-order valence-electron chi connectivity index (χ4n) is 4.08. The molecule has 0 radical (unpaired) electrons. The number of fused-ring (bicyclic) bond motifs is 1. The van der Waals surface area contributed by atoms with Crippen LogP contribution in [0.2, 0.25) is 5.02 Å². The molecule has 0 bridgehead atoms. The van der Waals surface area contributed by atoms with Crippen molar-refractivity contribution >= 4 is 44.8 Å². The minimum Gasteiger partial charge on any atom is -0.619 e. The summed E-state index contributed by atoms with van der Waals surface area (Å²) in [5.41, 5.74) is 2.47. The Morgan fingerprint density at radius 2 is 1.83 bits per heavy atom. The predicted octanol–water partition coefficient (Wildman–Crippen LogP) is 2.86. The number of nitrogens with zero attached hydrogens (tertiary/aromatic N) is 2. The number of para-hydroxylation sites is 2. The third-order valence-corrected chi connectivity index (χ3v) is 8.34. The van der Waals surface area contributed by atoms with E-state index in [4.69, 9.17) is 11.6 Å². The number of benzene rings is 2. The molecule has 0 unspecified atom stereocenters. The minimum absolute atomic E-state index is 0.0130. The second-order valence-electron chi connectivity index (χ2n) is 8.56. The van der Waals surface area contributed by atoms with Crippen molar-refractivity contribution < 1.29 is 22.7 Å². The molecule has 0 saturated carbocycles. The number of anilines is 2. The smallest absolute Gasteiger partial charge is 0.265 e. The predicted molar refractivity (Wildman–Crippen MR) is 136 cm³/mol. The standard InChI is InChI=1S/C25H25ClN4O5S/c1-16-14-23(17(2)13-19(16)26)36(34,35)30-21-6-4-3-5-20(21)28-25(32)22(30)15-24(31)27-10-7-18-8-11-29(33)12-9-18/h3-6,8-9,11-14,22H,7,10,15H2,1-2H3,(H,27,31)(H,28,32)/t22-/m1/s1. The lowest BCUT2D eigenvalue weighted by atomic mass is 10.1. The van der Waals surface area contributed by atoms with Gasteiger partial charge in [0.05, 0.1) is 22.7 Å². The maximum absolute atomic E-state index is 13.9. The summed E-state index contributed by atoms with van der Waals surface area (Å²) in [5, 5.41) is 17.0. The lowest BCUT2D eigenvalue weighted by Crippen LogP contribution is -2.53. The molecule has 0 spiro atoms. The molecular formula is C25H25ClN4O5S. The topological polar surface area (TPSA) is 123 Å². The van der Waals surface area contributed by atoms with E-state index in [0.29, 0.717) is 33.0 Å². The molecule has 0 fully saturated rings. The number of hydrogen-bond acceptors (Lipinski definition) is 5. The monoisotopic (exact) mass is 528 g/mol. The highest BCUT2D eigenvalue weighted by Gasteiger charge is 2.42. The molecule has 1 atom stereocenters. The first-order valence-electron chi connectivity index (χ1n) is 11.2. The highest BCUT2D eigenvalue weighted by atomic mass is 35.5. The Kier molecular flexibility index (Phi) is 7.18. The van der Waals surface area contributed by atoms with E-state index in [1.165, 1.54) is 18.5 Å². The lowest BCUT2D eigenvalue weighted by Gasteiger charge is -2.37. The van der Waals surface area contributed by atoms with E-state index in [9.17, 15) is 23.2 Å². The van der Waals surface area contributed by atoms with Crippen molar-refractivity contribution in [3.63, 3.8) is 0 Å². The first kappa shape index (κ1) is 25.5. The number of carbonyl (C=O) groups is 2. The highest BCUT2D eigenvalue weighted by molar-refractivity contribution is 7.93. The first-order chi connectivity index (χ1) is 17.1. The van der Waals surface area contributed by atoms with Gasteiger partial charge < -0.3 is 15.8 Å². The number of aromatic nitrogens is 1. The molecule has 1 aliphatic rings. The van der Waals surface area contributed by atoms with Gasteiger partial charge in [0, 0.05) is 23.7 Å². The first-order valence-corrected chi connectivity index (χ1v) is 13.0. The van der Waals surface area contributed by atoms with E-state index in [1.807, 2.05) is 0 Å². The average Bonchev–Trinajstić information content (AvgIpc) is 2.83. The number of nitrogens with one attached hydrogen (secondary N) is 2. The second-order valence-corrected chi connectivity index (χ2v) is 10.8. The van der Waals surface area contributed by atoms with Crippen LogP contribution in [0, 0.1) is 19.1 Å². The molecule has 2 N–H and O–H groups in total. The van der Waals surface area contributed by atoms with Crippen LogP contribution in [0.3, 0.4) is 0 Å². The quantitative estimate of drug-likeness (QED) is 0.360. The molecular weight excluding hydrogens is 504 g/mol. The minimum atomic E-state index is -4.24. The van der Waals surface area contributed by atoms with Gasteiger partial charge in [-0.15, -0.1) is 0 Å². The number of sulfonamides is 1. The van der Waals surface area contributed by atoms with Crippen molar-refractivity contribution in [1.82, 2.24) is 5.32 Å². The molecule has 3 aromatic rings. The van der Waals surface area contributed by atoms with Crippen LogP contribution < -0.4 is 19.7 Å². The van der Waals surface area contributed by atoms with Gasteiger partial charge in [0.1, 0.15) is 6.04 Å². The largest absolute Gasteiger partial charge is 0.619 e. The molecule has 2 aromatic carbocycles. The summed E-state index contributed by atoms with van der Waals surface area (Å²) < 4.78 is 29.6. The Morgan fingerprint density at radius 1 is 1.14 bits per heavy atom. The van der Waals surface area contributed by atoms with E-state index >= 15 is 0 Å². The van der Waals surface area contributed by atoms with E-state index < -0.39 is 27.9 Å². The van der Waals surface area contributed by atoms with Gasteiger partial charge in [-0.1, -0.05) is 23.7 Å². The van der Waals surface area contributed by atoms with Gasteiger partial charge in [0.25, 0.3) is 10.0 Å². The Bertz CT molecular complexity index is 1430. The molecule has 2 amide bonds. The number of amides is 2. The van der Waals surface area contributed by atoms with Gasteiger partial charge in [-0.2, -0.15) is 4.73 Å². The third kappa shape index (κ3) is 5.14. The Hall–Kier alpha value is -3.63. The summed E-state index contributed by atoms with van der Waals surface area (Å²) in [6, 6.07) is 11.6. The summed E-state index contributed by atoms with van der Waals surface area (Å²) >= 11 is 6.18. The maximum Gasteiger partial charge on any atom is 0.265 e. The van der Waals surface area contributed by atoms with Gasteiger partial charge in [-0.25, -0.2) is 8.42 Å². The van der Waals surface area contributed by atoms with Gasteiger partial charge in [0.2, 0.25) is 11.8 Å². The van der Waals surface area contributed by atoms with Crippen LogP contribution in [0.15, 0.2) is 65.8 Å². The van der Waals surface area contributed by atoms with Crippen LogP contribution in [0.1, 0.15) is 23.1 Å². The molecule has 1 aliphatic heterocycles. The zero-order chi connectivity index (χ0) is 26.0. The molecule has 11 heteroatoms.